The summed E-state index contributed by atoms with van der Waals surface area (Å²) >= 11 is 0. The maximum Gasteiger partial charge on any atom is 0.00327 e. The number of piperidine rings is 1. The fourth-order valence-electron chi connectivity index (χ4n) is 3.10. The molecule has 1 aliphatic heterocycles. The van der Waals surface area contributed by atoms with Crippen LogP contribution in [0.15, 0.2) is 0 Å². The van der Waals surface area contributed by atoms with Crippen molar-refractivity contribution < 1.29 is 0 Å². The van der Waals surface area contributed by atoms with Gasteiger partial charge in [0, 0.05) is 6.54 Å². The number of nitrogens with two attached hydrogens (primary N) is 1. The van der Waals surface area contributed by atoms with Gasteiger partial charge in [-0.2, -0.15) is 0 Å². The Labute approximate surface area is 108 Å². The van der Waals surface area contributed by atoms with E-state index >= 15 is 0 Å². The van der Waals surface area contributed by atoms with Crippen molar-refractivity contribution in [2.75, 3.05) is 26.2 Å². The fraction of sp³-hybridized carbons (Fsp3) is 1.00. The number of hydrogen-bond donors (Lipinski definition) is 1. The molecule has 1 heterocycles. The highest BCUT2D eigenvalue weighted by molar-refractivity contribution is 4.80. The highest BCUT2D eigenvalue weighted by Gasteiger charge is 2.26. The molecule has 0 radical (unpaired) electrons. The lowest BCUT2D eigenvalue weighted by molar-refractivity contribution is 0.110. The van der Waals surface area contributed by atoms with Crippen molar-refractivity contribution in [2.24, 2.45) is 23.0 Å². The van der Waals surface area contributed by atoms with Crippen molar-refractivity contribution in [1.29, 1.82) is 0 Å². The molecule has 0 aromatic carbocycles. The van der Waals surface area contributed by atoms with E-state index in [4.69, 9.17) is 5.73 Å². The van der Waals surface area contributed by atoms with E-state index in [1.165, 1.54) is 45.3 Å². The summed E-state index contributed by atoms with van der Waals surface area (Å²) in [4.78, 5) is 2.65. The predicted molar refractivity (Wildman–Crippen MR) is 76.1 cm³/mol. The van der Waals surface area contributed by atoms with Gasteiger partial charge in [-0.05, 0) is 62.6 Å². The molecule has 0 spiro atoms. The van der Waals surface area contributed by atoms with Gasteiger partial charge in [-0.15, -0.1) is 0 Å². The second kappa shape index (κ2) is 6.75. The molecule has 0 bridgehead atoms. The summed E-state index contributed by atoms with van der Waals surface area (Å²) in [6, 6.07) is 0. The molecule has 2 N–H and O–H groups in total. The van der Waals surface area contributed by atoms with Crippen LogP contribution in [-0.2, 0) is 0 Å². The molecule has 2 heteroatoms. The Bertz CT molecular complexity index is 211. The lowest BCUT2D eigenvalue weighted by atomic mass is 9.84. The molecule has 17 heavy (non-hydrogen) atoms. The number of hydrogen-bond acceptors (Lipinski definition) is 2. The van der Waals surface area contributed by atoms with Gasteiger partial charge in [0.15, 0.2) is 0 Å². The second-order valence-corrected chi connectivity index (χ2v) is 7.06. The van der Waals surface area contributed by atoms with E-state index in [1.54, 1.807) is 0 Å². The van der Waals surface area contributed by atoms with Crippen molar-refractivity contribution >= 4 is 0 Å². The summed E-state index contributed by atoms with van der Waals surface area (Å²) in [5.41, 5.74) is 6.39. The zero-order valence-corrected chi connectivity index (χ0v) is 12.3. The Kier molecular flexibility index (Phi) is 5.94. The van der Waals surface area contributed by atoms with Crippen LogP contribution in [0.25, 0.3) is 0 Å². The molecule has 0 aliphatic carbocycles. The Morgan fingerprint density at radius 2 is 2.00 bits per heavy atom. The van der Waals surface area contributed by atoms with E-state index in [0.29, 0.717) is 5.41 Å². The van der Waals surface area contributed by atoms with E-state index in [9.17, 15) is 0 Å². The summed E-state index contributed by atoms with van der Waals surface area (Å²) in [7, 11) is 0. The zero-order valence-electron chi connectivity index (χ0n) is 12.3. The van der Waals surface area contributed by atoms with Crippen LogP contribution in [0.4, 0.5) is 0 Å². The van der Waals surface area contributed by atoms with Crippen molar-refractivity contribution in [2.45, 2.75) is 53.4 Å². The molecule has 1 rings (SSSR count). The largest absolute Gasteiger partial charge is 0.330 e. The molecule has 0 saturated carbocycles. The van der Waals surface area contributed by atoms with Crippen LogP contribution >= 0.6 is 0 Å². The molecule has 1 saturated heterocycles. The van der Waals surface area contributed by atoms with Crippen LogP contribution in [0, 0.1) is 17.3 Å². The molecule has 1 aliphatic rings. The molecule has 0 unspecified atom stereocenters. The van der Waals surface area contributed by atoms with Crippen LogP contribution in [0.2, 0.25) is 0 Å². The first-order valence-electron chi connectivity index (χ1n) is 7.35. The maximum atomic E-state index is 5.87. The van der Waals surface area contributed by atoms with E-state index in [-0.39, 0.29) is 0 Å². The molecule has 2 nitrogen and oxygen atoms in total. The first-order valence-corrected chi connectivity index (χ1v) is 7.35. The van der Waals surface area contributed by atoms with Crippen molar-refractivity contribution in [3.8, 4) is 0 Å². The molecule has 0 aromatic rings. The molecule has 0 amide bonds. The molecule has 0 aromatic heterocycles. The van der Waals surface area contributed by atoms with Crippen molar-refractivity contribution in [3.05, 3.63) is 0 Å². The number of likely N-dealkylation sites (tertiary alicyclic amines) is 1. The third-order valence-electron chi connectivity index (χ3n) is 3.97. The zero-order chi connectivity index (χ0) is 12.9. The van der Waals surface area contributed by atoms with Crippen LogP contribution < -0.4 is 5.73 Å². The summed E-state index contributed by atoms with van der Waals surface area (Å²) in [6.45, 7) is 14.1. The third-order valence-corrected chi connectivity index (χ3v) is 3.97. The molecule has 1 atom stereocenters. The fourth-order valence-corrected chi connectivity index (χ4v) is 3.10. The van der Waals surface area contributed by atoms with E-state index < -0.39 is 0 Å². The minimum atomic E-state index is 0.522. The van der Waals surface area contributed by atoms with Gasteiger partial charge in [-0.3, -0.25) is 0 Å². The van der Waals surface area contributed by atoms with Gasteiger partial charge in [0.2, 0.25) is 0 Å². The second-order valence-electron chi connectivity index (χ2n) is 7.06. The predicted octanol–water partition coefficient (Wildman–Crippen LogP) is 3.12. The Morgan fingerprint density at radius 3 is 2.53 bits per heavy atom. The van der Waals surface area contributed by atoms with E-state index in [0.717, 1.165) is 18.4 Å². The SMILES string of the molecule is CC(C)C[C@H](CN)CCN1CCCC(C)(C)C1. The minimum Gasteiger partial charge on any atom is -0.330 e. The van der Waals surface area contributed by atoms with Gasteiger partial charge in [0.05, 0.1) is 0 Å². The Balaban J connectivity index is 2.28. The Morgan fingerprint density at radius 1 is 1.29 bits per heavy atom. The van der Waals surface area contributed by atoms with Crippen LogP contribution in [0.3, 0.4) is 0 Å². The summed E-state index contributed by atoms with van der Waals surface area (Å²) in [6.07, 6.45) is 5.32. The van der Waals surface area contributed by atoms with Gasteiger partial charge in [-0.1, -0.05) is 27.7 Å². The standard InChI is InChI=1S/C15H32N2/c1-13(2)10-14(11-16)6-9-17-8-5-7-15(3,4)12-17/h13-14H,5-12,16H2,1-4H3/t14-/m1/s1. The monoisotopic (exact) mass is 240 g/mol. The Hall–Kier alpha value is -0.0800. The third kappa shape index (κ3) is 5.87. The first-order chi connectivity index (χ1) is 7.93. The minimum absolute atomic E-state index is 0.522. The lowest BCUT2D eigenvalue weighted by Crippen LogP contribution is -2.41. The van der Waals surface area contributed by atoms with Crippen LogP contribution in [0.5, 0.6) is 0 Å². The normalized spacial score (nSPS) is 22.9. The average molecular weight is 240 g/mol. The van der Waals surface area contributed by atoms with Gasteiger partial charge in [0.25, 0.3) is 0 Å². The molecule has 102 valence electrons. The number of nitrogens with zero attached hydrogens (tertiary/aromatic N) is 1. The molecular formula is C15H32N2. The molecular weight excluding hydrogens is 208 g/mol. The summed E-state index contributed by atoms with van der Waals surface area (Å²) in [5.74, 6) is 1.50. The first kappa shape index (κ1) is 15.0. The summed E-state index contributed by atoms with van der Waals surface area (Å²) in [5, 5.41) is 0. The number of rotatable bonds is 6. The van der Waals surface area contributed by atoms with Gasteiger partial charge in [-0.25, -0.2) is 0 Å². The highest BCUT2D eigenvalue weighted by atomic mass is 15.1. The van der Waals surface area contributed by atoms with Crippen LogP contribution in [-0.4, -0.2) is 31.1 Å². The van der Waals surface area contributed by atoms with E-state index in [2.05, 4.69) is 32.6 Å². The summed E-state index contributed by atoms with van der Waals surface area (Å²) < 4.78 is 0. The van der Waals surface area contributed by atoms with Gasteiger partial charge in [0.1, 0.15) is 0 Å². The highest BCUT2D eigenvalue weighted by Crippen LogP contribution is 2.28. The quantitative estimate of drug-likeness (QED) is 0.773. The van der Waals surface area contributed by atoms with Crippen molar-refractivity contribution in [1.82, 2.24) is 4.90 Å². The topological polar surface area (TPSA) is 29.3 Å². The van der Waals surface area contributed by atoms with Crippen molar-refractivity contribution in [3.63, 3.8) is 0 Å². The smallest absolute Gasteiger partial charge is 0.00327 e. The lowest BCUT2D eigenvalue weighted by Gasteiger charge is -2.38. The maximum absolute atomic E-state index is 5.87. The van der Waals surface area contributed by atoms with Gasteiger partial charge < -0.3 is 10.6 Å². The van der Waals surface area contributed by atoms with Gasteiger partial charge >= 0.3 is 0 Å². The average Bonchev–Trinajstić information content (AvgIpc) is 2.22. The van der Waals surface area contributed by atoms with Crippen LogP contribution in [0.1, 0.15) is 53.4 Å². The molecule has 1 fully saturated rings. The van der Waals surface area contributed by atoms with E-state index in [1.807, 2.05) is 0 Å².